The van der Waals surface area contributed by atoms with Crippen LogP contribution in [0.15, 0.2) is 0 Å². The van der Waals surface area contributed by atoms with Crippen LogP contribution >= 0.6 is 0 Å². The Hall–Kier alpha value is -1.14. The fraction of sp³-hybridized carbons (Fsp3) is 0.600. The number of aliphatic carboxylic acids is 1. The second-order valence-electron chi connectivity index (χ2n) is 1.97. The van der Waals surface area contributed by atoms with Crippen LogP contribution in [-0.4, -0.2) is 23.1 Å². The molecule has 0 aromatic carbocycles. The number of carbonyl (C=O) groups excluding carboxylic acids is 1. The summed E-state index contributed by atoms with van der Waals surface area (Å²) in [6.45, 7) is 0. The monoisotopic (exact) mass is 162 g/mol. The Kier molecular flexibility index (Phi) is 4.16. The zero-order valence-electron chi connectivity index (χ0n) is 5.82. The molecule has 6 heteroatoms. The third-order valence-electron chi connectivity index (χ3n) is 1.11. The molecule has 0 saturated carbocycles. The van der Waals surface area contributed by atoms with Gasteiger partial charge in [0.15, 0.2) is 0 Å². The van der Waals surface area contributed by atoms with Crippen LogP contribution < -0.4 is 11.6 Å². The van der Waals surface area contributed by atoms with Gasteiger partial charge in [-0.15, -0.1) is 0 Å². The third-order valence-corrected chi connectivity index (χ3v) is 1.11. The molecular formula is C5H10N2O4. The summed E-state index contributed by atoms with van der Waals surface area (Å²) in [7, 11) is 0. The van der Waals surface area contributed by atoms with Crippen molar-refractivity contribution in [3.05, 3.63) is 0 Å². The van der Waals surface area contributed by atoms with Crippen LogP contribution in [0.2, 0.25) is 0 Å². The van der Waals surface area contributed by atoms with Crippen LogP contribution in [0.1, 0.15) is 12.8 Å². The van der Waals surface area contributed by atoms with E-state index in [1.54, 1.807) is 0 Å². The summed E-state index contributed by atoms with van der Waals surface area (Å²) in [6.07, 6.45) is -0.0463. The molecule has 6 nitrogen and oxygen atoms in total. The highest BCUT2D eigenvalue weighted by Gasteiger charge is 2.13. The second kappa shape index (κ2) is 4.64. The van der Waals surface area contributed by atoms with Crippen molar-refractivity contribution in [1.82, 2.24) is 0 Å². The van der Waals surface area contributed by atoms with Gasteiger partial charge in [-0.2, -0.15) is 5.90 Å². The maximum Gasteiger partial charge on any atom is 0.324 e. The molecule has 0 saturated heterocycles. The summed E-state index contributed by atoms with van der Waals surface area (Å²) in [5, 5.41) is 8.26. The highest BCUT2D eigenvalue weighted by Crippen LogP contribution is 1.95. The molecule has 0 bridgehead atoms. The minimum absolute atomic E-state index is 0.0331. The Morgan fingerprint density at radius 2 is 2.09 bits per heavy atom. The van der Waals surface area contributed by atoms with Gasteiger partial charge in [-0.1, -0.05) is 0 Å². The molecule has 0 aliphatic rings. The molecule has 0 amide bonds. The van der Waals surface area contributed by atoms with Crippen molar-refractivity contribution in [2.75, 3.05) is 0 Å². The van der Waals surface area contributed by atoms with E-state index in [2.05, 4.69) is 10.7 Å². The van der Waals surface area contributed by atoms with Gasteiger partial charge in [-0.05, 0) is 6.42 Å². The summed E-state index contributed by atoms with van der Waals surface area (Å²) in [5.41, 5.74) is 5.07. The average Bonchev–Trinajstić information content (AvgIpc) is 1.99. The second-order valence-corrected chi connectivity index (χ2v) is 1.97. The van der Waals surface area contributed by atoms with Crippen LogP contribution in [0.25, 0.3) is 0 Å². The topological polar surface area (TPSA) is 116 Å². The lowest BCUT2D eigenvalue weighted by Gasteiger charge is -2.03. The first kappa shape index (κ1) is 9.86. The van der Waals surface area contributed by atoms with Crippen LogP contribution in [-0.2, 0) is 14.4 Å². The molecule has 1 atom stereocenters. The minimum atomic E-state index is -1.14. The molecular weight excluding hydrogens is 152 g/mol. The fourth-order valence-corrected chi connectivity index (χ4v) is 0.456. The van der Waals surface area contributed by atoms with Crippen molar-refractivity contribution in [1.29, 1.82) is 0 Å². The number of carboxylic acids is 1. The van der Waals surface area contributed by atoms with Gasteiger partial charge in [0.05, 0.1) is 0 Å². The lowest BCUT2D eigenvalue weighted by Crippen LogP contribution is -2.30. The van der Waals surface area contributed by atoms with E-state index in [-0.39, 0.29) is 12.8 Å². The number of carbonyl (C=O) groups is 2. The first-order valence-corrected chi connectivity index (χ1v) is 2.96. The zero-order valence-corrected chi connectivity index (χ0v) is 5.82. The average molecular weight is 162 g/mol. The molecule has 5 N–H and O–H groups in total. The summed E-state index contributed by atoms with van der Waals surface area (Å²) < 4.78 is 0. The van der Waals surface area contributed by atoms with Gasteiger partial charge < -0.3 is 15.7 Å². The lowest BCUT2D eigenvalue weighted by atomic mass is 10.2. The van der Waals surface area contributed by atoms with Crippen molar-refractivity contribution in [2.45, 2.75) is 18.9 Å². The van der Waals surface area contributed by atoms with E-state index < -0.39 is 18.0 Å². The molecule has 0 radical (unpaired) electrons. The van der Waals surface area contributed by atoms with Crippen molar-refractivity contribution in [3.8, 4) is 0 Å². The van der Waals surface area contributed by atoms with E-state index in [1.807, 2.05) is 0 Å². The van der Waals surface area contributed by atoms with E-state index in [0.29, 0.717) is 0 Å². The largest absolute Gasteiger partial charge is 0.480 e. The number of nitrogens with two attached hydrogens (primary N) is 2. The van der Waals surface area contributed by atoms with E-state index in [9.17, 15) is 9.59 Å². The van der Waals surface area contributed by atoms with Gasteiger partial charge in [0.2, 0.25) is 0 Å². The number of carboxylic acid groups (broad SMARTS) is 1. The van der Waals surface area contributed by atoms with Crippen molar-refractivity contribution in [2.24, 2.45) is 11.6 Å². The van der Waals surface area contributed by atoms with E-state index >= 15 is 0 Å². The van der Waals surface area contributed by atoms with Crippen LogP contribution in [0.5, 0.6) is 0 Å². The summed E-state index contributed by atoms with van der Waals surface area (Å²) in [5.74, 6) is 2.69. The van der Waals surface area contributed by atoms with Crippen LogP contribution in [0, 0.1) is 0 Å². The standard InChI is InChI=1S/C5H10N2O4/c6-3(5(9)10)1-2-4(8)11-7/h3H,1-2,6-7H2,(H,9,10)/t3-/m0/s1. The molecule has 0 rings (SSSR count). The normalized spacial score (nSPS) is 12.2. The molecule has 64 valence electrons. The predicted molar refractivity (Wildman–Crippen MR) is 35.1 cm³/mol. The molecule has 0 aliphatic carbocycles. The Morgan fingerprint density at radius 3 is 2.45 bits per heavy atom. The van der Waals surface area contributed by atoms with Gasteiger partial charge in [-0.3, -0.25) is 9.59 Å². The molecule has 0 aliphatic heterocycles. The van der Waals surface area contributed by atoms with Crippen molar-refractivity contribution < 1.29 is 19.5 Å². The molecule has 0 unspecified atom stereocenters. The number of hydrogen-bond acceptors (Lipinski definition) is 5. The van der Waals surface area contributed by atoms with Crippen LogP contribution in [0.3, 0.4) is 0 Å². The smallest absolute Gasteiger partial charge is 0.324 e. The van der Waals surface area contributed by atoms with Gasteiger partial charge in [0, 0.05) is 6.42 Å². The minimum Gasteiger partial charge on any atom is -0.480 e. The Morgan fingerprint density at radius 1 is 1.55 bits per heavy atom. The van der Waals surface area contributed by atoms with Crippen LogP contribution in [0.4, 0.5) is 0 Å². The van der Waals surface area contributed by atoms with Gasteiger partial charge >= 0.3 is 11.9 Å². The number of rotatable bonds is 4. The Labute approximate surface area is 63.1 Å². The predicted octanol–water partition coefficient (Wildman–Crippen LogP) is -1.40. The fourth-order valence-electron chi connectivity index (χ4n) is 0.456. The molecule has 0 heterocycles. The van der Waals surface area contributed by atoms with Gasteiger partial charge in [0.1, 0.15) is 6.04 Å². The molecule has 0 spiro atoms. The molecule has 11 heavy (non-hydrogen) atoms. The maximum atomic E-state index is 10.3. The first-order valence-electron chi connectivity index (χ1n) is 2.96. The maximum absolute atomic E-state index is 10.3. The summed E-state index contributed by atoms with van der Waals surface area (Å²) in [4.78, 5) is 24.2. The quantitative estimate of drug-likeness (QED) is 0.437. The molecule has 0 aromatic heterocycles. The highest BCUT2D eigenvalue weighted by atomic mass is 16.7. The van der Waals surface area contributed by atoms with Crippen molar-refractivity contribution >= 4 is 11.9 Å². The van der Waals surface area contributed by atoms with E-state index in [4.69, 9.17) is 10.8 Å². The number of hydrogen-bond donors (Lipinski definition) is 3. The molecule has 0 fully saturated rings. The van der Waals surface area contributed by atoms with Gasteiger partial charge in [-0.25, -0.2) is 0 Å². The van der Waals surface area contributed by atoms with Gasteiger partial charge in [0.25, 0.3) is 0 Å². The third kappa shape index (κ3) is 4.29. The highest BCUT2D eigenvalue weighted by molar-refractivity contribution is 5.75. The van der Waals surface area contributed by atoms with Crippen molar-refractivity contribution in [3.63, 3.8) is 0 Å². The first-order chi connectivity index (χ1) is 5.07. The van der Waals surface area contributed by atoms with E-state index in [0.717, 1.165) is 0 Å². The van der Waals surface area contributed by atoms with E-state index in [1.165, 1.54) is 0 Å². The summed E-state index contributed by atoms with van der Waals surface area (Å²) in [6, 6.07) is -1.03. The Bertz CT molecular complexity index is 159. The molecule has 0 aromatic rings. The lowest BCUT2D eigenvalue weighted by molar-refractivity contribution is -0.144. The Balaban J connectivity index is 3.54. The zero-order chi connectivity index (χ0) is 8.85. The summed E-state index contributed by atoms with van der Waals surface area (Å²) >= 11 is 0. The SMILES string of the molecule is NOC(=O)CC[C@H](N)C(=O)O.